The van der Waals surface area contributed by atoms with Crippen LogP contribution in [0.15, 0.2) is 0 Å². The van der Waals surface area contributed by atoms with E-state index in [1.807, 2.05) is 14.0 Å². The fourth-order valence-corrected chi connectivity index (χ4v) is 2.79. The van der Waals surface area contributed by atoms with E-state index in [2.05, 4.69) is 17.1 Å². The highest BCUT2D eigenvalue weighted by Gasteiger charge is 2.40. The zero-order valence-electron chi connectivity index (χ0n) is 11.6. The van der Waals surface area contributed by atoms with E-state index in [-0.39, 0.29) is 12.0 Å². The minimum Gasteiger partial charge on any atom is -0.377 e. The van der Waals surface area contributed by atoms with Crippen LogP contribution in [0.25, 0.3) is 0 Å². The molecule has 104 valence electrons. The summed E-state index contributed by atoms with van der Waals surface area (Å²) in [6, 6.07) is 0.845. The van der Waals surface area contributed by atoms with Gasteiger partial charge in [-0.15, -0.1) is 0 Å². The normalized spacial score (nSPS) is 31.6. The quantitative estimate of drug-likeness (QED) is 0.706. The number of hydrogen-bond acceptors (Lipinski definition) is 4. The van der Waals surface area contributed by atoms with Crippen LogP contribution in [0.3, 0.4) is 0 Å². The number of carbonyl (C=O) groups is 1. The zero-order valence-corrected chi connectivity index (χ0v) is 11.6. The van der Waals surface area contributed by atoms with Gasteiger partial charge in [0, 0.05) is 25.2 Å². The first-order chi connectivity index (χ1) is 8.42. The van der Waals surface area contributed by atoms with E-state index in [1.165, 1.54) is 0 Å². The summed E-state index contributed by atoms with van der Waals surface area (Å²) in [5.41, 5.74) is 4.93. The molecule has 3 unspecified atom stereocenters. The van der Waals surface area contributed by atoms with Gasteiger partial charge < -0.3 is 10.5 Å². The number of ether oxygens (including phenoxy) is 1. The van der Waals surface area contributed by atoms with Gasteiger partial charge in [-0.2, -0.15) is 0 Å². The molecule has 0 aromatic heterocycles. The monoisotopic (exact) mass is 255 g/mol. The van der Waals surface area contributed by atoms with E-state index in [9.17, 15) is 4.79 Å². The van der Waals surface area contributed by atoms with Crippen molar-refractivity contribution >= 4 is 5.91 Å². The molecule has 1 aliphatic heterocycles. The molecule has 0 aromatic carbocycles. The van der Waals surface area contributed by atoms with Gasteiger partial charge in [0.05, 0.1) is 6.10 Å². The molecule has 5 heteroatoms. The first-order valence-corrected chi connectivity index (χ1v) is 6.82. The number of primary amides is 1. The number of carbonyl (C=O) groups excluding carboxylic acids is 1. The summed E-state index contributed by atoms with van der Waals surface area (Å²) >= 11 is 0. The molecule has 1 saturated heterocycles. The van der Waals surface area contributed by atoms with Crippen LogP contribution >= 0.6 is 0 Å². The van der Waals surface area contributed by atoms with E-state index in [0.29, 0.717) is 18.6 Å². The summed E-state index contributed by atoms with van der Waals surface area (Å²) in [5.74, 6) is -0.271. The van der Waals surface area contributed by atoms with Crippen LogP contribution < -0.4 is 11.1 Å². The molecule has 2 fully saturated rings. The number of rotatable bonds is 6. The highest BCUT2D eigenvalue weighted by Crippen LogP contribution is 2.25. The highest BCUT2D eigenvalue weighted by atomic mass is 16.5. The van der Waals surface area contributed by atoms with Gasteiger partial charge in [0.1, 0.15) is 5.54 Å². The van der Waals surface area contributed by atoms with Gasteiger partial charge >= 0.3 is 0 Å². The third kappa shape index (κ3) is 3.02. The van der Waals surface area contributed by atoms with Gasteiger partial charge in [0.2, 0.25) is 5.91 Å². The van der Waals surface area contributed by atoms with Crippen LogP contribution in [0.4, 0.5) is 0 Å². The summed E-state index contributed by atoms with van der Waals surface area (Å²) in [4.78, 5) is 13.9. The molecule has 3 atom stereocenters. The number of hydrogen-bond donors (Lipinski definition) is 2. The summed E-state index contributed by atoms with van der Waals surface area (Å²) in [5, 5.41) is 3.38. The van der Waals surface area contributed by atoms with Crippen molar-refractivity contribution < 1.29 is 9.53 Å². The van der Waals surface area contributed by atoms with Gasteiger partial charge in [-0.05, 0) is 40.2 Å². The first kappa shape index (κ1) is 13.8. The Morgan fingerprint density at radius 2 is 2.17 bits per heavy atom. The van der Waals surface area contributed by atoms with E-state index in [4.69, 9.17) is 10.5 Å². The summed E-state index contributed by atoms with van der Waals surface area (Å²) in [7, 11) is 2.05. The maximum atomic E-state index is 11.7. The minimum absolute atomic E-state index is 0.230. The van der Waals surface area contributed by atoms with Crippen molar-refractivity contribution in [1.82, 2.24) is 10.2 Å². The average molecular weight is 255 g/mol. The second kappa shape index (κ2) is 5.15. The van der Waals surface area contributed by atoms with Crippen molar-refractivity contribution in [1.29, 1.82) is 0 Å². The molecule has 3 N–H and O–H groups in total. The lowest BCUT2D eigenvalue weighted by molar-refractivity contribution is -0.124. The Balaban J connectivity index is 1.96. The van der Waals surface area contributed by atoms with Crippen LogP contribution in [0.5, 0.6) is 0 Å². The Kier molecular flexibility index (Phi) is 3.94. The van der Waals surface area contributed by atoms with Crippen LogP contribution in [0.2, 0.25) is 0 Å². The summed E-state index contributed by atoms with van der Waals surface area (Å²) in [6.07, 6.45) is 3.55. The molecule has 1 aliphatic carbocycles. The van der Waals surface area contributed by atoms with E-state index < -0.39 is 5.54 Å². The van der Waals surface area contributed by atoms with Crippen LogP contribution in [-0.2, 0) is 9.53 Å². The highest BCUT2D eigenvalue weighted by molar-refractivity contribution is 5.84. The Hall–Kier alpha value is -0.650. The number of nitrogens with zero attached hydrogens (tertiary/aromatic N) is 1. The number of nitrogens with one attached hydrogen (secondary N) is 1. The second-order valence-electron chi connectivity index (χ2n) is 5.96. The van der Waals surface area contributed by atoms with Gasteiger partial charge in [0.25, 0.3) is 0 Å². The number of likely N-dealkylation sites (N-methyl/N-ethyl adjacent to an activating group) is 1. The summed E-state index contributed by atoms with van der Waals surface area (Å²) < 4.78 is 5.58. The molecule has 2 rings (SSSR count). The van der Waals surface area contributed by atoms with Crippen molar-refractivity contribution in [2.75, 3.05) is 20.2 Å². The fourth-order valence-electron chi connectivity index (χ4n) is 2.79. The third-order valence-corrected chi connectivity index (χ3v) is 4.11. The SMILES string of the molecule is CC1OCCC1N(C)CC(C)(NC1CC1)C(N)=O. The second-order valence-corrected chi connectivity index (χ2v) is 5.96. The van der Waals surface area contributed by atoms with Crippen LogP contribution in [0, 0.1) is 0 Å². The lowest BCUT2D eigenvalue weighted by Crippen LogP contribution is -2.61. The van der Waals surface area contributed by atoms with Crippen LogP contribution in [-0.4, -0.2) is 54.7 Å². The first-order valence-electron chi connectivity index (χ1n) is 6.82. The fraction of sp³-hybridized carbons (Fsp3) is 0.923. The smallest absolute Gasteiger partial charge is 0.238 e. The summed E-state index contributed by atoms with van der Waals surface area (Å²) in [6.45, 7) is 5.44. The van der Waals surface area contributed by atoms with Crippen molar-refractivity contribution in [2.45, 2.75) is 56.8 Å². The maximum absolute atomic E-state index is 11.7. The third-order valence-electron chi connectivity index (χ3n) is 4.11. The molecule has 1 saturated carbocycles. The number of nitrogens with two attached hydrogens (primary N) is 1. The minimum atomic E-state index is -0.641. The Bertz CT molecular complexity index is 319. The molecule has 0 aromatic rings. The molecule has 0 bridgehead atoms. The Labute approximate surface area is 109 Å². The number of amides is 1. The lowest BCUT2D eigenvalue weighted by atomic mass is 9.98. The van der Waals surface area contributed by atoms with Crippen molar-refractivity contribution in [3.63, 3.8) is 0 Å². The Morgan fingerprint density at radius 1 is 1.50 bits per heavy atom. The molecule has 0 radical (unpaired) electrons. The van der Waals surface area contributed by atoms with Crippen molar-refractivity contribution in [3.05, 3.63) is 0 Å². The van der Waals surface area contributed by atoms with Crippen molar-refractivity contribution in [3.8, 4) is 0 Å². The molecule has 1 amide bonds. The zero-order chi connectivity index (χ0) is 13.3. The molecule has 0 spiro atoms. The van der Waals surface area contributed by atoms with Gasteiger partial charge in [0.15, 0.2) is 0 Å². The van der Waals surface area contributed by atoms with Crippen molar-refractivity contribution in [2.24, 2.45) is 5.73 Å². The lowest BCUT2D eigenvalue weighted by Gasteiger charge is -2.36. The molecular formula is C13H25N3O2. The molecule has 18 heavy (non-hydrogen) atoms. The van der Waals surface area contributed by atoms with Gasteiger partial charge in [-0.3, -0.25) is 15.0 Å². The van der Waals surface area contributed by atoms with Gasteiger partial charge in [-0.1, -0.05) is 0 Å². The standard InChI is InChI=1S/C13H25N3O2/c1-9-11(6-7-18-9)16(3)8-13(2,12(14)17)15-10-4-5-10/h9-11,15H,4-8H2,1-3H3,(H2,14,17). The maximum Gasteiger partial charge on any atom is 0.238 e. The van der Waals surface area contributed by atoms with E-state index in [1.54, 1.807) is 0 Å². The van der Waals surface area contributed by atoms with E-state index >= 15 is 0 Å². The molecular weight excluding hydrogens is 230 g/mol. The van der Waals surface area contributed by atoms with E-state index in [0.717, 1.165) is 25.9 Å². The molecule has 1 heterocycles. The largest absolute Gasteiger partial charge is 0.377 e. The molecule has 5 nitrogen and oxygen atoms in total. The van der Waals surface area contributed by atoms with Gasteiger partial charge in [-0.25, -0.2) is 0 Å². The predicted octanol–water partition coefficient (Wildman–Crippen LogP) is 0.0916. The Morgan fingerprint density at radius 3 is 2.61 bits per heavy atom. The topological polar surface area (TPSA) is 67.6 Å². The predicted molar refractivity (Wildman–Crippen MR) is 70.2 cm³/mol. The van der Waals surface area contributed by atoms with Crippen LogP contribution in [0.1, 0.15) is 33.1 Å². The molecule has 2 aliphatic rings. The average Bonchev–Trinajstić information content (AvgIpc) is 2.97.